The highest BCUT2D eigenvalue weighted by Gasteiger charge is 2.17. The summed E-state index contributed by atoms with van der Waals surface area (Å²) in [5.41, 5.74) is 2.80. The predicted octanol–water partition coefficient (Wildman–Crippen LogP) is 4.68. The van der Waals surface area contributed by atoms with Crippen LogP contribution < -0.4 is 4.90 Å². The smallest absolute Gasteiger partial charge is 0.0702 e. The largest absolute Gasteiger partial charge is 0.392 e. The summed E-state index contributed by atoms with van der Waals surface area (Å²) in [5, 5.41) is 10.9. The minimum Gasteiger partial charge on any atom is -0.392 e. The third kappa shape index (κ3) is 3.09. The summed E-state index contributed by atoms with van der Waals surface area (Å²) in [6, 6.07) is 13.4. The normalized spacial score (nSPS) is 12.2. The molecule has 0 heterocycles. The van der Waals surface area contributed by atoms with E-state index in [1.54, 1.807) is 6.07 Å². The van der Waals surface area contributed by atoms with Gasteiger partial charge in [-0.3, -0.25) is 0 Å². The number of nitrogens with zero attached hydrogens (tertiary/aromatic N) is 1. The highest BCUT2D eigenvalue weighted by molar-refractivity contribution is 6.31. The van der Waals surface area contributed by atoms with Crippen LogP contribution >= 0.6 is 23.2 Å². The standard InChI is InChI=1S/C16H17Cl2NO/c1-11(14-5-3-4-6-15(14)18)19(2)16-8-7-13(17)9-12(16)10-20/h3-9,11,20H,10H2,1-2H3. The molecule has 0 aliphatic carbocycles. The average molecular weight is 310 g/mol. The zero-order valence-corrected chi connectivity index (χ0v) is 13.0. The van der Waals surface area contributed by atoms with Crippen molar-refractivity contribution in [1.29, 1.82) is 0 Å². The molecule has 2 rings (SSSR count). The molecule has 1 unspecified atom stereocenters. The average Bonchev–Trinajstić information content (AvgIpc) is 2.46. The van der Waals surface area contributed by atoms with Crippen LogP contribution in [0, 0.1) is 0 Å². The molecule has 0 saturated carbocycles. The van der Waals surface area contributed by atoms with Crippen molar-refractivity contribution in [2.45, 2.75) is 19.6 Å². The molecule has 0 aromatic heterocycles. The van der Waals surface area contributed by atoms with Crippen molar-refractivity contribution in [2.75, 3.05) is 11.9 Å². The van der Waals surface area contributed by atoms with E-state index in [0.717, 1.165) is 21.8 Å². The molecule has 0 bridgehead atoms. The Bertz CT molecular complexity index is 601. The molecule has 106 valence electrons. The fourth-order valence-corrected chi connectivity index (χ4v) is 2.74. The van der Waals surface area contributed by atoms with Crippen molar-refractivity contribution in [2.24, 2.45) is 0 Å². The van der Waals surface area contributed by atoms with E-state index in [9.17, 15) is 5.11 Å². The van der Waals surface area contributed by atoms with E-state index < -0.39 is 0 Å². The first kappa shape index (κ1) is 15.2. The summed E-state index contributed by atoms with van der Waals surface area (Å²) >= 11 is 12.2. The lowest BCUT2D eigenvalue weighted by atomic mass is 10.1. The van der Waals surface area contributed by atoms with Gasteiger partial charge >= 0.3 is 0 Å². The zero-order chi connectivity index (χ0) is 14.7. The van der Waals surface area contributed by atoms with Crippen LogP contribution in [0.2, 0.25) is 10.0 Å². The molecule has 1 atom stereocenters. The molecular weight excluding hydrogens is 293 g/mol. The first-order valence-corrected chi connectivity index (χ1v) is 7.16. The van der Waals surface area contributed by atoms with Gasteiger partial charge in [-0.1, -0.05) is 41.4 Å². The molecule has 0 saturated heterocycles. The van der Waals surface area contributed by atoms with Crippen LogP contribution in [-0.4, -0.2) is 12.2 Å². The second kappa shape index (κ2) is 6.49. The third-order valence-electron chi connectivity index (χ3n) is 3.53. The minimum absolute atomic E-state index is 0.0462. The monoisotopic (exact) mass is 309 g/mol. The Labute approximate surface area is 129 Å². The molecule has 0 radical (unpaired) electrons. The topological polar surface area (TPSA) is 23.5 Å². The SMILES string of the molecule is CC(c1ccccc1Cl)N(C)c1ccc(Cl)cc1CO. The molecule has 1 N–H and O–H groups in total. The van der Waals surface area contributed by atoms with E-state index in [1.807, 2.05) is 43.4 Å². The lowest BCUT2D eigenvalue weighted by Crippen LogP contribution is -2.23. The molecule has 0 aliphatic heterocycles. The number of hydrogen-bond donors (Lipinski definition) is 1. The summed E-state index contributed by atoms with van der Waals surface area (Å²) in [7, 11) is 1.98. The maximum atomic E-state index is 9.49. The zero-order valence-electron chi connectivity index (χ0n) is 11.5. The number of aliphatic hydroxyl groups excluding tert-OH is 1. The molecule has 0 amide bonds. The maximum Gasteiger partial charge on any atom is 0.0702 e. The van der Waals surface area contributed by atoms with Crippen molar-refractivity contribution in [3.05, 3.63) is 63.6 Å². The second-order valence-electron chi connectivity index (χ2n) is 4.74. The van der Waals surface area contributed by atoms with Crippen molar-refractivity contribution in [3.63, 3.8) is 0 Å². The Morgan fingerprint density at radius 2 is 1.85 bits per heavy atom. The van der Waals surface area contributed by atoms with Crippen LogP contribution in [0.3, 0.4) is 0 Å². The molecule has 0 spiro atoms. The molecule has 2 nitrogen and oxygen atoms in total. The quantitative estimate of drug-likeness (QED) is 0.886. The number of anilines is 1. The fourth-order valence-electron chi connectivity index (χ4n) is 2.26. The lowest BCUT2D eigenvalue weighted by Gasteiger charge is -2.29. The van der Waals surface area contributed by atoms with Crippen molar-refractivity contribution >= 4 is 28.9 Å². The van der Waals surface area contributed by atoms with E-state index in [-0.39, 0.29) is 12.6 Å². The van der Waals surface area contributed by atoms with Crippen LogP contribution in [-0.2, 0) is 6.61 Å². The van der Waals surface area contributed by atoms with E-state index in [1.165, 1.54) is 0 Å². The number of halogens is 2. The van der Waals surface area contributed by atoms with Gasteiger partial charge in [0.15, 0.2) is 0 Å². The first-order valence-electron chi connectivity index (χ1n) is 6.41. The number of rotatable bonds is 4. The number of aliphatic hydroxyl groups is 1. The summed E-state index contributed by atoms with van der Waals surface area (Å²) in [4.78, 5) is 2.09. The van der Waals surface area contributed by atoms with Crippen LogP contribution in [0.15, 0.2) is 42.5 Å². The van der Waals surface area contributed by atoms with Gasteiger partial charge < -0.3 is 10.0 Å². The molecule has 20 heavy (non-hydrogen) atoms. The molecular formula is C16H17Cl2NO. The van der Waals surface area contributed by atoms with Crippen LogP contribution in [0.5, 0.6) is 0 Å². The van der Waals surface area contributed by atoms with E-state index in [4.69, 9.17) is 23.2 Å². The third-order valence-corrected chi connectivity index (χ3v) is 4.11. The van der Waals surface area contributed by atoms with Crippen LogP contribution in [0.1, 0.15) is 24.1 Å². The van der Waals surface area contributed by atoms with Crippen molar-refractivity contribution in [1.82, 2.24) is 0 Å². The summed E-state index contributed by atoms with van der Waals surface area (Å²) in [5.74, 6) is 0. The molecule has 2 aromatic rings. The molecule has 0 aliphatic rings. The molecule has 0 fully saturated rings. The highest BCUT2D eigenvalue weighted by Crippen LogP contribution is 2.32. The Hall–Kier alpha value is -1.22. The van der Waals surface area contributed by atoms with E-state index in [0.29, 0.717) is 5.02 Å². The Kier molecular flexibility index (Phi) is 4.92. The van der Waals surface area contributed by atoms with E-state index in [2.05, 4.69) is 11.8 Å². The van der Waals surface area contributed by atoms with Gasteiger partial charge in [0.2, 0.25) is 0 Å². The minimum atomic E-state index is -0.0462. The van der Waals surface area contributed by atoms with Gasteiger partial charge in [-0.2, -0.15) is 0 Å². The van der Waals surface area contributed by atoms with Gasteiger partial charge in [0.1, 0.15) is 0 Å². The fraction of sp³-hybridized carbons (Fsp3) is 0.250. The van der Waals surface area contributed by atoms with Crippen LogP contribution in [0.4, 0.5) is 5.69 Å². The number of hydrogen-bond acceptors (Lipinski definition) is 2. The summed E-state index contributed by atoms with van der Waals surface area (Å²) < 4.78 is 0. The molecule has 2 aromatic carbocycles. The Balaban J connectivity index is 2.36. The summed E-state index contributed by atoms with van der Waals surface area (Å²) in [6.07, 6.45) is 0. The molecule has 4 heteroatoms. The summed E-state index contributed by atoms with van der Waals surface area (Å²) in [6.45, 7) is 2.03. The van der Waals surface area contributed by atoms with Crippen molar-refractivity contribution < 1.29 is 5.11 Å². The Morgan fingerprint density at radius 1 is 1.15 bits per heavy atom. The Morgan fingerprint density at radius 3 is 2.50 bits per heavy atom. The van der Waals surface area contributed by atoms with Gasteiger partial charge in [-0.05, 0) is 36.8 Å². The lowest BCUT2D eigenvalue weighted by molar-refractivity contribution is 0.282. The second-order valence-corrected chi connectivity index (χ2v) is 5.58. The maximum absolute atomic E-state index is 9.49. The number of benzene rings is 2. The van der Waals surface area contributed by atoms with Gasteiger partial charge in [-0.15, -0.1) is 0 Å². The van der Waals surface area contributed by atoms with Crippen LogP contribution in [0.25, 0.3) is 0 Å². The van der Waals surface area contributed by atoms with Crippen molar-refractivity contribution in [3.8, 4) is 0 Å². The van der Waals surface area contributed by atoms with Gasteiger partial charge in [0.05, 0.1) is 12.6 Å². The van der Waals surface area contributed by atoms with Gasteiger partial charge in [-0.25, -0.2) is 0 Å². The van der Waals surface area contributed by atoms with Gasteiger partial charge in [0.25, 0.3) is 0 Å². The predicted molar refractivity (Wildman–Crippen MR) is 85.6 cm³/mol. The van der Waals surface area contributed by atoms with E-state index >= 15 is 0 Å². The highest BCUT2D eigenvalue weighted by atomic mass is 35.5. The van der Waals surface area contributed by atoms with Gasteiger partial charge in [0, 0.05) is 28.3 Å². The first-order chi connectivity index (χ1) is 9.54.